The fraction of sp³-hybridized carbons (Fsp3) is 0.188. The van der Waals surface area contributed by atoms with Crippen LogP contribution in [0.15, 0.2) is 35.1 Å². The van der Waals surface area contributed by atoms with Gasteiger partial charge in [0.05, 0.1) is 11.5 Å². The normalized spacial score (nSPS) is 10.7. The molecule has 0 aliphatic heterocycles. The zero-order chi connectivity index (χ0) is 15.0. The first-order valence-corrected chi connectivity index (χ1v) is 7.38. The van der Waals surface area contributed by atoms with E-state index >= 15 is 0 Å². The van der Waals surface area contributed by atoms with Crippen molar-refractivity contribution >= 4 is 21.6 Å². The number of hydrogen-bond donors (Lipinski definition) is 0. The molecule has 0 bridgehead atoms. The van der Waals surface area contributed by atoms with E-state index in [4.69, 9.17) is 5.26 Å². The highest BCUT2D eigenvalue weighted by atomic mass is 32.1. The summed E-state index contributed by atoms with van der Waals surface area (Å²) < 4.78 is 1.43. The summed E-state index contributed by atoms with van der Waals surface area (Å²) in [4.78, 5) is 19.0. The molecule has 3 rings (SSSR count). The third-order valence-corrected chi connectivity index (χ3v) is 4.47. The molecule has 0 fully saturated rings. The number of aryl methyl sites for hydroxylation is 2. The summed E-state index contributed by atoms with van der Waals surface area (Å²) >= 11 is 1.52. The molecule has 3 aromatic rings. The molecule has 2 aromatic heterocycles. The van der Waals surface area contributed by atoms with Crippen LogP contribution in [0, 0.1) is 25.2 Å². The van der Waals surface area contributed by atoms with Gasteiger partial charge in [0.25, 0.3) is 5.56 Å². The first kappa shape index (κ1) is 13.5. The largest absolute Gasteiger partial charge is 0.282 e. The Hall–Kier alpha value is -2.45. The van der Waals surface area contributed by atoms with Crippen molar-refractivity contribution in [3.63, 3.8) is 0 Å². The van der Waals surface area contributed by atoms with Crippen LogP contribution < -0.4 is 5.56 Å². The second-order valence-electron chi connectivity index (χ2n) is 4.79. The van der Waals surface area contributed by atoms with Gasteiger partial charge in [-0.3, -0.25) is 9.36 Å². The van der Waals surface area contributed by atoms with Crippen LogP contribution in [0.3, 0.4) is 0 Å². The Balaban J connectivity index is 2.42. The van der Waals surface area contributed by atoms with Gasteiger partial charge < -0.3 is 0 Å². The van der Waals surface area contributed by atoms with Gasteiger partial charge in [0, 0.05) is 10.4 Å². The number of thiophene rings is 1. The molecule has 1 aromatic carbocycles. The Morgan fingerprint density at radius 1 is 1.29 bits per heavy atom. The van der Waals surface area contributed by atoms with Crippen molar-refractivity contribution in [2.24, 2.45) is 0 Å². The van der Waals surface area contributed by atoms with E-state index in [0.29, 0.717) is 11.2 Å². The van der Waals surface area contributed by atoms with Crippen molar-refractivity contribution < 1.29 is 0 Å². The lowest BCUT2D eigenvalue weighted by atomic mass is 10.0. The number of hydrogen-bond acceptors (Lipinski definition) is 4. The third-order valence-electron chi connectivity index (χ3n) is 3.47. The van der Waals surface area contributed by atoms with Crippen LogP contribution >= 0.6 is 11.3 Å². The molecule has 2 heterocycles. The van der Waals surface area contributed by atoms with Gasteiger partial charge in [-0.15, -0.1) is 11.3 Å². The van der Waals surface area contributed by atoms with Crippen molar-refractivity contribution in [3.05, 3.63) is 51.4 Å². The molecule has 21 heavy (non-hydrogen) atoms. The van der Waals surface area contributed by atoms with E-state index in [0.717, 1.165) is 20.8 Å². The first-order valence-electron chi connectivity index (χ1n) is 6.56. The molecule has 0 saturated heterocycles. The fourth-order valence-electron chi connectivity index (χ4n) is 2.51. The van der Waals surface area contributed by atoms with Gasteiger partial charge in [0.15, 0.2) is 0 Å². The molecule has 0 amide bonds. The van der Waals surface area contributed by atoms with Crippen molar-refractivity contribution in [2.45, 2.75) is 20.4 Å². The van der Waals surface area contributed by atoms with Crippen LogP contribution in [0.2, 0.25) is 0 Å². The molecule has 0 atom stereocenters. The Morgan fingerprint density at radius 3 is 2.67 bits per heavy atom. The van der Waals surface area contributed by atoms with Gasteiger partial charge in [-0.25, -0.2) is 4.98 Å². The number of nitrogens with zero attached hydrogens (tertiary/aromatic N) is 3. The van der Waals surface area contributed by atoms with E-state index in [-0.39, 0.29) is 12.1 Å². The van der Waals surface area contributed by atoms with Gasteiger partial charge in [-0.1, -0.05) is 30.3 Å². The maximum Gasteiger partial charge on any atom is 0.263 e. The number of benzene rings is 1. The second-order valence-corrected chi connectivity index (χ2v) is 5.99. The molecule has 0 unspecified atom stereocenters. The molecule has 0 spiro atoms. The summed E-state index contributed by atoms with van der Waals surface area (Å²) in [6, 6.07) is 11.9. The number of nitriles is 1. The molecule has 0 N–H and O–H groups in total. The molecular formula is C16H13N3OS. The predicted octanol–water partition coefficient (Wildman–Crippen LogP) is 3.27. The summed E-state index contributed by atoms with van der Waals surface area (Å²) in [5, 5.41) is 9.51. The van der Waals surface area contributed by atoms with Gasteiger partial charge >= 0.3 is 0 Å². The van der Waals surface area contributed by atoms with Crippen LogP contribution in [0.4, 0.5) is 0 Å². The maximum atomic E-state index is 12.7. The molecule has 4 nitrogen and oxygen atoms in total. The molecule has 5 heteroatoms. The summed E-state index contributed by atoms with van der Waals surface area (Å²) in [6.45, 7) is 3.78. The van der Waals surface area contributed by atoms with Crippen molar-refractivity contribution in [1.82, 2.24) is 9.55 Å². The Morgan fingerprint density at radius 2 is 2.00 bits per heavy atom. The lowest BCUT2D eigenvalue weighted by Crippen LogP contribution is -2.23. The zero-order valence-electron chi connectivity index (χ0n) is 11.8. The number of fused-ring (bicyclic) bond motifs is 1. The Bertz CT molecular complexity index is 917. The predicted molar refractivity (Wildman–Crippen MR) is 84.4 cm³/mol. The summed E-state index contributed by atoms with van der Waals surface area (Å²) in [6.07, 6.45) is 0. The standard InChI is InChI=1S/C16H13N3OS/c1-10-13(12-6-4-3-5-7-12)14-15(21-10)18-11(2)19(9-8-17)16(14)20/h3-7H,9H2,1-2H3. The van der Waals surface area contributed by atoms with Gasteiger partial charge in [-0.05, 0) is 19.4 Å². The van der Waals surface area contributed by atoms with E-state index in [1.807, 2.05) is 43.3 Å². The Labute approximate surface area is 125 Å². The summed E-state index contributed by atoms with van der Waals surface area (Å²) in [5.74, 6) is 0.579. The minimum absolute atomic E-state index is 0.0245. The molecule has 0 saturated carbocycles. The van der Waals surface area contributed by atoms with Gasteiger partial charge in [0.2, 0.25) is 0 Å². The molecule has 104 valence electrons. The highest BCUT2D eigenvalue weighted by Gasteiger charge is 2.18. The van der Waals surface area contributed by atoms with Crippen LogP contribution in [-0.2, 0) is 6.54 Å². The van der Waals surface area contributed by atoms with Gasteiger partial charge in [0.1, 0.15) is 17.2 Å². The Kier molecular flexibility index (Phi) is 3.32. The summed E-state index contributed by atoms with van der Waals surface area (Å²) in [5.41, 5.74) is 1.80. The lowest BCUT2D eigenvalue weighted by molar-refractivity contribution is 0.737. The molecule has 0 aliphatic carbocycles. The average molecular weight is 295 g/mol. The minimum Gasteiger partial charge on any atom is -0.282 e. The number of aromatic nitrogens is 2. The molecular weight excluding hydrogens is 282 g/mol. The number of rotatable bonds is 2. The topological polar surface area (TPSA) is 58.7 Å². The van der Waals surface area contributed by atoms with E-state index < -0.39 is 0 Å². The SMILES string of the molecule is Cc1sc2nc(C)n(CC#N)c(=O)c2c1-c1ccccc1. The third kappa shape index (κ3) is 2.14. The molecule has 0 radical (unpaired) electrons. The lowest BCUT2D eigenvalue weighted by Gasteiger charge is -2.06. The van der Waals surface area contributed by atoms with E-state index in [1.54, 1.807) is 6.92 Å². The molecule has 0 aliphatic rings. The average Bonchev–Trinajstić information content (AvgIpc) is 2.80. The van der Waals surface area contributed by atoms with Crippen LogP contribution in [-0.4, -0.2) is 9.55 Å². The summed E-state index contributed by atoms with van der Waals surface area (Å²) in [7, 11) is 0. The second kappa shape index (κ2) is 5.15. The van der Waals surface area contributed by atoms with Crippen LogP contribution in [0.5, 0.6) is 0 Å². The highest BCUT2D eigenvalue weighted by molar-refractivity contribution is 7.19. The van der Waals surface area contributed by atoms with Crippen molar-refractivity contribution in [3.8, 4) is 17.2 Å². The van der Waals surface area contributed by atoms with Gasteiger partial charge in [-0.2, -0.15) is 5.26 Å². The van der Waals surface area contributed by atoms with Crippen molar-refractivity contribution in [2.75, 3.05) is 0 Å². The maximum absolute atomic E-state index is 12.7. The first-order chi connectivity index (χ1) is 10.1. The van der Waals surface area contributed by atoms with E-state index in [2.05, 4.69) is 4.98 Å². The fourth-order valence-corrected chi connectivity index (χ4v) is 3.59. The van der Waals surface area contributed by atoms with E-state index in [9.17, 15) is 4.79 Å². The van der Waals surface area contributed by atoms with Crippen LogP contribution in [0.25, 0.3) is 21.3 Å². The quantitative estimate of drug-likeness (QED) is 0.729. The minimum atomic E-state index is -0.137. The van der Waals surface area contributed by atoms with E-state index in [1.165, 1.54) is 15.9 Å². The highest BCUT2D eigenvalue weighted by Crippen LogP contribution is 2.35. The zero-order valence-corrected chi connectivity index (χ0v) is 12.6. The monoisotopic (exact) mass is 295 g/mol. The van der Waals surface area contributed by atoms with Crippen molar-refractivity contribution in [1.29, 1.82) is 5.26 Å². The van der Waals surface area contributed by atoms with Crippen LogP contribution in [0.1, 0.15) is 10.7 Å². The smallest absolute Gasteiger partial charge is 0.263 e.